The van der Waals surface area contributed by atoms with Gasteiger partial charge in [0.05, 0.1) is 12.8 Å². The summed E-state index contributed by atoms with van der Waals surface area (Å²) in [5.74, 6) is 0.723. The predicted molar refractivity (Wildman–Crippen MR) is 107 cm³/mol. The van der Waals surface area contributed by atoms with Crippen LogP contribution in [0.5, 0.6) is 0 Å². The molecule has 1 saturated heterocycles. The molecule has 7 nitrogen and oxygen atoms in total. The average Bonchev–Trinajstić information content (AvgIpc) is 3.00. The molecule has 1 unspecified atom stereocenters. The van der Waals surface area contributed by atoms with Crippen LogP contribution in [0.25, 0.3) is 0 Å². The summed E-state index contributed by atoms with van der Waals surface area (Å²) in [7, 11) is -3.17. The van der Waals surface area contributed by atoms with Gasteiger partial charge in [0.1, 0.15) is 0 Å². The molecule has 0 bridgehead atoms. The fourth-order valence-electron chi connectivity index (χ4n) is 2.68. The topological polar surface area (TPSA) is 85.8 Å². The Morgan fingerprint density at radius 2 is 2.08 bits per heavy atom. The number of rotatable bonds is 7. The summed E-state index contributed by atoms with van der Waals surface area (Å²) in [4.78, 5) is 6.78. The molecule has 1 fully saturated rings. The second-order valence-corrected chi connectivity index (χ2v) is 8.73. The quantitative estimate of drug-likeness (QED) is 0.342. The fraction of sp³-hybridized carbons (Fsp3) is 0.562. The summed E-state index contributed by atoms with van der Waals surface area (Å²) in [5.41, 5.74) is 1.21. The summed E-state index contributed by atoms with van der Waals surface area (Å²) in [6.07, 6.45) is 2.18. The van der Waals surface area contributed by atoms with Gasteiger partial charge in [0, 0.05) is 42.4 Å². The Hall–Kier alpha value is -1.32. The largest absolute Gasteiger partial charge is 0.369 e. The smallest absolute Gasteiger partial charge is 0.208 e. The van der Waals surface area contributed by atoms with Gasteiger partial charge >= 0.3 is 0 Å². The molecule has 0 saturated carbocycles. The maximum absolute atomic E-state index is 11.1. The molecule has 1 heterocycles. The Labute approximate surface area is 158 Å². The zero-order chi connectivity index (χ0) is 18.3. The molecule has 0 aromatic heterocycles. The van der Waals surface area contributed by atoms with Gasteiger partial charge in [-0.05, 0) is 37.6 Å². The molecule has 0 radical (unpaired) electrons. The monoisotopic (exact) mass is 431 g/mol. The molecule has 2 rings (SSSR count). The standard InChI is InChI=1S/C16H26BrN5O2S/c1-3-18-16(19-9-10-20-25(2,23)24)21-14-8-11-22(12-14)15-6-4-13(17)5-7-15/h4-7,14,20H,3,8-12H2,1-2H3,(H2,18,19,21). The van der Waals surface area contributed by atoms with Crippen molar-refractivity contribution >= 4 is 37.6 Å². The normalized spacial score (nSPS) is 18.4. The molecule has 0 amide bonds. The minimum atomic E-state index is -3.17. The number of nitrogens with one attached hydrogen (secondary N) is 3. The van der Waals surface area contributed by atoms with Crippen molar-refractivity contribution in [3.8, 4) is 0 Å². The van der Waals surface area contributed by atoms with E-state index in [9.17, 15) is 8.42 Å². The number of guanidine groups is 1. The van der Waals surface area contributed by atoms with Crippen LogP contribution in [0.3, 0.4) is 0 Å². The van der Waals surface area contributed by atoms with E-state index in [1.54, 1.807) is 0 Å². The van der Waals surface area contributed by atoms with Crippen LogP contribution in [0.15, 0.2) is 33.7 Å². The van der Waals surface area contributed by atoms with Crippen molar-refractivity contribution in [3.63, 3.8) is 0 Å². The lowest BCUT2D eigenvalue weighted by Crippen LogP contribution is -2.45. The Balaban J connectivity index is 1.86. The van der Waals surface area contributed by atoms with E-state index in [-0.39, 0.29) is 0 Å². The predicted octanol–water partition coefficient (Wildman–Crippen LogP) is 1.13. The van der Waals surface area contributed by atoms with Gasteiger partial charge in [-0.3, -0.25) is 4.99 Å². The zero-order valence-corrected chi connectivity index (χ0v) is 17.0. The third kappa shape index (κ3) is 7.21. The van der Waals surface area contributed by atoms with E-state index in [4.69, 9.17) is 0 Å². The molecular formula is C16H26BrN5O2S. The molecular weight excluding hydrogens is 406 g/mol. The molecule has 0 aliphatic carbocycles. The number of hydrogen-bond acceptors (Lipinski definition) is 4. The van der Waals surface area contributed by atoms with Gasteiger partial charge in [0.25, 0.3) is 0 Å². The van der Waals surface area contributed by atoms with Gasteiger partial charge in [-0.1, -0.05) is 15.9 Å². The van der Waals surface area contributed by atoms with Gasteiger partial charge in [0.2, 0.25) is 10.0 Å². The summed E-state index contributed by atoms with van der Waals surface area (Å²) < 4.78 is 25.7. The van der Waals surface area contributed by atoms with E-state index in [0.717, 1.165) is 42.7 Å². The van der Waals surface area contributed by atoms with Crippen molar-refractivity contribution in [2.75, 3.05) is 43.9 Å². The maximum atomic E-state index is 11.1. The first-order chi connectivity index (χ1) is 11.9. The fourth-order valence-corrected chi connectivity index (χ4v) is 3.40. The first kappa shape index (κ1) is 20.0. The van der Waals surface area contributed by atoms with Crippen LogP contribution in [-0.2, 0) is 10.0 Å². The highest BCUT2D eigenvalue weighted by Crippen LogP contribution is 2.22. The van der Waals surface area contributed by atoms with Gasteiger partial charge in [-0.2, -0.15) is 0 Å². The lowest BCUT2D eigenvalue weighted by atomic mass is 10.3. The highest BCUT2D eigenvalue weighted by atomic mass is 79.9. The number of hydrogen-bond donors (Lipinski definition) is 3. The van der Waals surface area contributed by atoms with Crippen LogP contribution in [0, 0.1) is 0 Å². The van der Waals surface area contributed by atoms with Gasteiger partial charge in [-0.25, -0.2) is 13.1 Å². The van der Waals surface area contributed by atoms with Crippen molar-refractivity contribution in [2.45, 2.75) is 19.4 Å². The van der Waals surface area contributed by atoms with Crippen molar-refractivity contribution in [1.29, 1.82) is 0 Å². The SMILES string of the molecule is CCNC(=NCCNS(C)(=O)=O)NC1CCN(c2ccc(Br)cc2)C1. The molecule has 3 N–H and O–H groups in total. The summed E-state index contributed by atoms with van der Waals surface area (Å²) in [6, 6.07) is 8.64. The van der Waals surface area contributed by atoms with Gasteiger partial charge < -0.3 is 15.5 Å². The van der Waals surface area contributed by atoms with E-state index < -0.39 is 10.0 Å². The summed E-state index contributed by atoms with van der Waals surface area (Å²) in [5, 5.41) is 6.64. The summed E-state index contributed by atoms with van der Waals surface area (Å²) in [6.45, 7) is 5.36. The third-order valence-electron chi connectivity index (χ3n) is 3.81. The maximum Gasteiger partial charge on any atom is 0.208 e. The van der Waals surface area contributed by atoms with Crippen LogP contribution in [-0.4, -0.2) is 59.4 Å². The van der Waals surface area contributed by atoms with Crippen LogP contribution >= 0.6 is 15.9 Å². The van der Waals surface area contributed by atoms with Crippen LogP contribution in [0.2, 0.25) is 0 Å². The highest BCUT2D eigenvalue weighted by Gasteiger charge is 2.23. The zero-order valence-electron chi connectivity index (χ0n) is 14.6. The Morgan fingerprint density at radius 1 is 1.36 bits per heavy atom. The van der Waals surface area contributed by atoms with Crippen molar-refractivity contribution in [3.05, 3.63) is 28.7 Å². The number of halogens is 1. The van der Waals surface area contributed by atoms with Crippen LogP contribution in [0.1, 0.15) is 13.3 Å². The van der Waals surface area contributed by atoms with Gasteiger partial charge in [-0.15, -0.1) is 0 Å². The second-order valence-electron chi connectivity index (χ2n) is 5.98. The Bertz CT molecular complexity index is 678. The average molecular weight is 432 g/mol. The van der Waals surface area contributed by atoms with E-state index in [2.05, 4.69) is 65.4 Å². The lowest BCUT2D eigenvalue weighted by molar-refractivity contribution is 0.588. The Morgan fingerprint density at radius 3 is 2.72 bits per heavy atom. The first-order valence-corrected chi connectivity index (χ1v) is 11.1. The van der Waals surface area contributed by atoms with E-state index >= 15 is 0 Å². The number of aliphatic imine (C=N–C) groups is 1. The molecule has 1 aromatic rings. The molecule has 9 heteroatoms. The number of benzene rings is 1. The molecule has 25 heavy (non-hydrogen) atoms. The molecule has 0 spiro atoms. The Kier molecular flexibility index (Phi) is 7.52. The molecule has 1 aliphatic rings. The third-order valence-corrected chi connectivity index (χ3v) is 5.07. The second kappa shape index (κ2) is 9.40. The summed E-state index contributed by atoms with van der Waals surface area (Å²) >= 11 is 3.46. The highest BCUT2D eigenvalue weighted by molar-refractivity contribution is 9.10. The molecule has 1 atom stereocenters. The van der Waals surface area contributed by atoms with Crippen LogP contribution < -0.4 is 20.3 Å². The van der Waals surface area contributed by atoms with Crippen molar-refractivity contribution < 1.29 is 8.42 Å². The molecule has 1 aliphatic heterocycles. The van der Waals surface area contributed by atoms with Crippen LogP contribution in [0.4, 0.5) is 5.69 Å². The van der Waals surface area contributed by atoms with E-state index in [0.29, 0.717) is 19.1 Å². The first-order valence-electron chi connectivity index (χ1n) is 8.37. The minimum absolute atomic E-state index is 0.297. The number of nitrogens with zero attached hydrogens (tertiary/aromatic N) is 2. The van der Waals surface area contributed by atoms with Crippen molar-refractivity contribution in [2.24, 2.45) is 4.99 Å². The van der Waals surface area contributed by atoms with Crippen molar-refractivity contribution in [1.82, 2.24) is 15.4 Å². The number of anilines is 1. The molecule has 140 valence electrons. The number of sulfonamides is 1. The van der Waals surface area contributed by atoms with E-state index in [1.165, 1.54) is 5.69 Å². The minimum Gasteiger partial charge on any atom is -0.369 e. The lowest BCUT2D eigenvalue weighted by Gasteiger charge is -2.20. The molecule has 1 aromatic carbocycles. The van der Waals surface area contributed by atoms with Gasteiger partial charge in [0.15, 0.2) is 5.96 Å². The van der Waals surface area contributed by atoms with E-state index in [1.807, 2.05) is 6.92 Å².